The van der Waals surface area contributed by atoms with Gasteiger partial charge >= 0.3 is 0 Å². The van der Waals surface area contributed by atoms with E-state index in [2.05, 4.69) is 5.73 Å². The third-order valence-electron chi connectivity index (χ3n) is 1.61. The summed E-state index contributed by atoms with van der Waals surface area (Å²) in [5, 5.41) is 0. The highest BCUT2D eigenvalue weighted by Crippen LogP contribution is 2.14. The van der Waals surface area contributed by atoms with Crippen molar-refractivity contribution < 1.29 is 24.2 Å². The van der Waals surface area contributed by atoms with Crippen molar-refractivity contribution in [1.82, 2.24) is 0 Å². The van der Waals surface area contributed by atoms with Gasteiger partial charge in [-0.1, -0.05) is 6.07 Å². The van der Waals surface area contributed by atoms with Crippen LogP contribution in [0.4, 0.5) is 5.69 Å². The fourth-order valence-electron chi connectivity index (χ4n) is 0.803. The summed E-state index contributed by atoms with van der Waals surface area (Å²) in [5.74, 6) is 0. The van der Waals surface area contributed by atoms with Crippen LogP contribution in [0, 0.1) is 6.92 Å². The largest absolute Gasteiger partial charge is 0.744 e. The summed E-state index contributed by atoms with van der Waals surface area (Å²) < 4.78 is 31.5. The molecule has 5 N–H and O–H groups in total. The summed E-state index contributed by atoms with van der Waals surface area (Å²) in [7, 11) is -4.33. The molecule has 0 saturated heterocycles. The third kappa shape index (κ3) is 2.78. The molecule has 0 aromatic heterocycles. The molecule has 0 aliphatic rings. The number of quaternary nitrogens is 1. The average Bonchev–Trinajstić information content (AvgIpc) is 1.92. The maximum Gasteiger partial charge on any atom is 0.132 e. The fourth-order valence-corrected chi connectivity index (χ4v) is 1.32. The van der Waals surface area contributed by atoms with Crippen molar-refractivity contribution in [2.24, 2.45) is 0 Å². The minimum absolute atomic E-state index is 0. The molecule has 0 radical (unpaired) electrons. The van der Waals surface area contributed by atoms with Crippen LogP contribution < -0.4 is 5.73 Å². The molecule has 1 aromatic rings. The van der Waals surface area contributed by atoms with Crippen molar-refractivity contribution in [2.45, 2.75) is 11.8 Å². The Kier molecular flexibility index (Phi) is 3.56. The first kappa shape index (κ1) is 12.0. The smallest absolute Gasteiger partial charge is 0.132 e. The van der Waals surface area contributed by atoms with E-state index >= 15 is 0 Å². The summed E-state index contributed by atoms with van der Waals surface area (Å²) in [6, 6.07) is 4.12. The van der Waals surface area contributed by atoms with E-state index in [0.29, 0.717) is 5.69 Å². The van der Waals surface area contributed by atoms with E-state index < -0.39 is 10.1 Å². The van der Waals surface area contributed by atoms with Crippen LogP contribution in [-0.2, 0) is 10.1 Å². The minimum Gasteiger partial charge on any atom is -0.744 e. The summed E-state index contributed by atoms with van der Waals surface area (Å²) in [6.45, 7) is 1.80. The first-order chi connectivity index (χ1) is 5.41. The predicted octanol–water partition coefficient (Wildman–Crippen LogP) is -1.05. The molecule has 0 heterocycles. The van der Waals surface area contributed by atoms with Gasteiger partial charge in [-0.3, -0.25) is 0 Å². The summed E-state index contributed by atoms with van der Waals surface area (Å²) in [4.78, 5) is -0.224. The van der Waals surface area contributed by atoms with E-state index in [1.165, 1.54) is 12.1 Å². The zero-order chi connectivity index (χ0) is 9.35. The van der Waals surface area contributed by atoms with Crippen molar-refractivity contribution in [2.75, 3.05) is 0 Å². The molecular weight excluding hydrogens is 194 g/mol. The number of hydrogen-bond acceptors (Lipinski definition) is 3. The Hall–Kier alpha value is -0.950. The van der Waals surface area contributed by atoms with E-state index in [1.54, 1.807) is 13.0 Å². The molecule has 0 amide bonds. The van der Waals surface area contributed by atoms with Gasteiger partial charge in [0.25, 0.3) is 0 Å². The van der Waals surface area contributed by atoms with Gasteiger partial charge < -0.3 is 15.8 Å². The Morgan fingerprint density at radius 3 is 2.31 bits per heavy atom. The van der Waals surface area contributed by atoms with Gasteiger partial charge in [0.2, 0.25) is 0 Å². The van der Waals surface area contributed by atoms with Gasteiger partial charge in [0.15, 0.2) is 0 Å². The van der Waals surface area contributed by atoms with Crippen LogP contribution in [0.3, 0.4) is 0 Å². The maximum absolute atomic E-state index is 10.5. The van der Waals surface area contributed by atoms with Crippen LogP contribution in [0.1, 0.15) is 5.56 Å². The first-order valence-electron chi connectivity index (χ1n) is 3.30. The number of rotatable bonds is 1. The molecule has 6 heteroatoms. The monoisotopic (exact) mass is 205 g/mol. The van der Waals surface area contributed by atoms with Gasteiger partial charge in [-0.25, -0.2) is 8.42 Å². The van der Waals surface area contributed by atoms with E-state index in [-0.39, 0.29) is 10.4 Å². The molecule has 0 aliphatic heterocycles. The quantitative estimate of drug-likeness (QED) is 0.589. The summed E-state index contributed by atoms with van der Waals surface area (Å²) in [6.07, 6.45) is 0. The fraction of sp³-hybridized carbons (Fsp3) is 0.143. The molecule has 0 spiro atoms. The highest BCUT2D eigenvalue weighted by molar-refractivity contribution is 7.85. The lowest BCUT2D eigenvalue weighted by Crippen LogP contribution is -2.41. The van der Waals surface area contributed by atoms with Crippen molar-refractivity contribution >= 4 is 15.8 Å². The molecule has 1 rings (SSSR count). The van der Waals surface area contributed by atoms with E-state index in [0.717, 1.165) is 5.56 Å². The molecule has 1 aromatic carbocycles. The van der Waals surface area contributed by atoms with Crippen LogP contribution >= 0.6 is 0 Å². The Morgan fingerprint density at radius 2 is 1.92 bits per heavy atom. The second-order valence-corrected chi connectivity index (χ2v) is 3.92. The number of aryl methyl sites for hydroxylation is 1. The maximum atomic E-state index is 10.5. The Balaban J connectivity index is 0.00000144. The third-order valence-corrected chi connectivity index (χ3v) is 2.44. The van der Waals surface area contributed by atoms with Crippen molar-refractivity contribution in [3.8, 4) is 0 Å². The SMILES string of the molecule is Cc1ccc(S(=O)(=O)[O-])cc1[NH3+].O. The lowest BCUT2D eigenvalue weighted by molar-refractivity contribution is -0.255. The van der Waals surface area contributed by atoms with Crippen LogP contribution in [0.2, 0.25) is 0 Å². The summed E-state index contributed by atoms with van der Waals surface area (Å²) in [5.41, 5.74) is 5.02. The average molecular weight is 205 g/mol. The van der Waals surface area contributed by atoms with E-state index in [9.17, 15) is 13.0 Å². The van der Waals surface area contributed by atoms with Crippen molar-refractivity contribution in [3.63, 3.8) is 0 Å². The van der Waals surface area contributed by atoms with Gasteiger partial charge in [-0.05, 0) is 13.0 Å². The molecule has 0 aliphatic carbocycles. The summed E-state index contributed by atoms with van der Waals surface area (Å²) >= 11 is 0. The minimum atomic E-state index is -4.33. The molecule has 0 atom stereocenters. The molecule has 13 heavy (non-hydrogen) atoms. The molecular formula is C7H11NO4S. The van der Waals surface area contributed by atoms with Crippen LogP contribution in [0.5, 0.6) is 0 Å². The van der Waals surface area contributed by atoms with Crippen molar-refractivity contribution in [3.05, 3.63) is 23.8 Å². The highest BCUT2D eigenvalue weighted by atomic mass is 32.2. The Bertz CT molecular complexity index is 399. The predicted molar refractivity (Wildman–Crippen MR) is 45.3 cm³/mol. The van der Waals surface area contributed by atoms with E-state index in [4.69, 9.17) is 0 Å². The molecule has 0 fully saturated rings. The Labute approximate surface area is 76.2 Å². The number of hydrogen-bond donors (Lipinski definition) is 1. The second-order valence-electron chi connectivity index (χ2n) is 2.54. The molecule has 5 nitrogen and oxygen atoms in total. The zero-order valence-corrected chi connectivity index (χ0v) is 7.89. The van der Waals surface area contributed by atoms with E-state index in [1.807, 2.05) is 0 Å². The standard InChI is InChI=1S/C7H9NO3S.H2O/c1-5-2-3-6(4-7(5)8)12(9,10)11;/h2-4H,8H2,1H3,(H,9,10,11);1H2. The molecule has 0 unspecified atom stereocenters. The lowest BCUT2D eigenvalue weighted by Gasteiger charge is -2.06. The first-order valence-corrected chi connectivity index (χ1v) is 4.70. The zero-order valence-electron chi connectivity index (χ0n) is 7.07. The molecule has 0 bridgehead atoms. The molecule has 0 saturated carbocycles. The van der Waals surface area contributed by atoms with Gasteiger partial charge in [0.05, 0.1) is 4.90 Å². The van der Waals surface area contributed by atoms with Gasteiger partial charge in [0.1, 0.15) is 15.8 Å². The normalized spacial score (nSPS) is 10.7. The number of benzene rings is 1. The second kappa shape index (κ2) is 3.84. The van der Waals surface area contributed by atoms with Gasteiger partial charge in [-0.2, -0.15) is 0 Å². The Morgan fingerprint density at radius 1 is 1.38 bits per heavy atom. The van der Waals surface area contributed by atoms with Gasteiger partial charge in [-0.15, -0.1) is 0 Å². The van der Waals surface area contributed by atoms with Crippen LogP contribution in [0.15, 0.2) is 23.1 Å². The van der Waals surface area contributed by atoms with Crippen molar-refractivity contribution in [1.29, 1.82) is 0 Å². The topological polar surface area (TPSA) is 116 Å². The highest BCUT2D eigenvalue weighted by Gasteiger charge is 2.04. The van der Waals surface area contributed by atoms with Crippen LogP contribution in [-0.4, -0.2) is 18.4 Å². The van der Waals surface area contributed by atoms with Crippen LogP contribution in [0.25, 0.3) is 0 Å². The van der Waals surface area contributed by atoms with Gasteiger partial charge in [0, 0.05) is 11.6 Å². The molecule has 74 valence electrons. The lowest BCUT2D eigenvalue weighted by atomic mass is 10.2.